The van der Waals surface area contributed by atoms with Gasteiger partial charge in [-0.1, -0.05) is 24.6 Å². The van der Waals surface area contributed by atoms with Gasteiger partial charge in [0, 0.05) is 31.9 Å². The minimum absolute atomic E-state index is 0.728. The molecule has 0 radical (unpaired) electrons. The van der Waals surface area contributed by atoms with Gasteiger partial charge in [0.1, 0.15) is 0 Å². The third-order valence-corrected chi connectivity index (χ3v) is 3.90. The van der Waals surface area contributed by atoms with E-state index in [1.165, 1.54) is 42.9 Å². The molecule has 1 aliphatic rings. The third kappa shape index (κ3) is 3.71. The molecule has 0 unspecified atom stereocenters. The van der Waals surface area contributed by atoms with Crippen LogP contribution in [0.5, 0.6) is 0 Å². The molecule has 3 heteroatoms. The number of nitrogens with zero attached hydrogens (tertiary/aromatic N) is 2. The predicted molar refractivity (Wildman–Crippen MR) is 82.9 cm³/mol. The van der Waals surface area contributed by atoms with Crippen molar-refractivity contribution in [1.82, 2.24) is 4.90 Å². The lowest BCUT2D eigenvalue weighted by Gasteiger charge is -2.37. The number of hydrogen-bond acceptors (Lipinski definition) is 3. The molecule has 0 amide bonds. The molecule has 1 saturated heterocycles. The molecule has 1 aromatic carbocycles. The summed E-state index contributed by atoms with van der Waals surface area (Å²) in [7, 11) is 0. The first kappa shape index (κ1) is 14.4. The largest absolute Gasteiger partial charge is 0.369 e. The van der Waals surface area contributed by atoms with Crippen LogP contribution in [0.1, 0.15) is 24.5 Å². The van der Waals surface area contributed by atoms with E-state index in [2.05, 4.69) is 41.8 Å². The summed E-state index contributed by atoms with van der Waals surface area (Å²) in [5.41, 5.74) is 9.88. The highest BCUT2D eigenvalue weighted by atomic mass is 15.3. The highest BCUT2D eigenvalue weighted by Gasteiger charge is 2.18. The Morgan fingerprint density at radius 1 is 1.16 bits per heavy atom. The summed E-state index contributed by atoms with van der Waals surface area (Å²) in [6, 6.07) is 6.78. The standard InChI is InChI=1S/C16H27N3/c1-3-8-18-9-11-19(12-10-18)16-5-4-14(2)13-15(16)6-7-17/h4-5,13H,3,6-12,17H2,1-2H3. The van der Waals surface area contributed by atoms with E-state index in [0.717, 1.165) is 26.1 Å². The van der Waals surface area contributed by atoms with E-state index in [-0.39, 0.29) is 0 Å². The molecule has 1 aromatic rings. The molecule has 3 nitrogen and oxygen atoms in total. The molecule has 19 heavy (non-hydrogen) atoms. The number of hydrogen-bond donors (Lipinski definition) is 1. The molecule has 0 atom stereocenters. The number of piperazine rings is 1. The molecule has 1 heterocycles. The fourth-order valence-corrected chi connectivity index (χ4v) is 2.91. The van der Waals surface area contributed by atoms with E-state index in [0.29, 0.717) is 0 Å². The highest BCUT2D eigenvalue weighted by molar-refractivity contribution is 5.55. The summed E-state index contributed by atoms with van der Waals surface area (Å²) in [5, 5.41) is 0. The summed E-state index contributed by atoms with van der Waals surface area (Å²) in [4.78, 5) is 5.09. The molecular weight excluding hydrogens is 234 g/mol. The maximum atomic E-state index is 5.74. The summed E-state index contributed by atoms with van der Waals surface area (Å²) in [5.74, 6) is 0. The molecule has 106 valence electrons. The highest BCUT2D eigenvalue weighted by Crippen LogP contribution is 2.23. The zero-order chi connectivity index (χ0) is 13.7. The van der Waals surface area contributed by atoms with Crippen molar-refractivity contribution in [3.8, 4) is 0 Å². The first-order chi connectivity index (χ1) is 9.24. The Morgan fingerprint density at radius 3 is 2.53 bits per heavy atom. The molecule has 1 fully saturated rings. The van der Waals surface area contributed by atoms with Gasteiger partial charge in [0.15, 0.2) is 0 Å². The Labute approximate surface area is 117 Å². The van der Waals surface area contributed by atoms with Crippen molar-refractivity contribution < 1.29 is 0 Å². The maximum absolute atomic E-state index is 5.74. The molecule has 1 aliphatic heterocycles. The zero-order valence-electron chi connectivity index (χ0n) is 12.4. The van der Waals surface area contributed by atoms with Crippen LogP contribution in [0.4, 0.5) is 5.69 Å². The Bertz CT molecular complexity index is 395. The number of rotatable bonds is 5. The van der Waals surface area contributed by atoms with Crippen molar-refractivity contribution in [3.63, 3.8) is 0 Å². The molecule has 0 spiro atoms. The molecule has 2 N–H and O–H groups in total. The van der Waals surface area contributed by atoms with Gasteiger partial charge in [-0.25, -0.2) is 0 Å². The lowest BCUT2D eigenvalue weighted by atomic mass is 10.0. The van der Waals surface area contributed by atoms with Crippen molar-refractivity contribution in [2.24, 2.45) is 5.73 Å². The second-order valence-corrected chi connectivity index (χ2v) is 5.50. The topological polar surface area (TPSA) is 32.5 Å². The second kappa shape index (κ2) is 6.92. The van der Waals surface area contributed by atoms with Crippen molar-refractivity contribution in [1.29, 1.82) is 0 Å². The van der Waals surface area contributed by atoms with Crippen LogP contribution in [-0.2, 0) is 6.42 Å². The Kier molecular flexibility index (Phi) is 5.23. The summed E-state index contributed by atoms with van der Waals surface area (Å²) < 4.78 is 0. The van der Waals surface area contributed by atoms with E-state index in [1.807, 2.05) is 0 Å². The van der Waals surface area contributed by atoms with Crippen LogP contribution in [0.25, 0.3) is 0 Å². The van der Waals surface area contributed by atoms with Gasteiger partial charge < -0.3 is 10.6 Å². The van der Waals surface area contributed by atoms with Gasteiger partial charge in [-0.15, -0.1) is 0 Å². The van der Waals surface area contributed by atoms with Gasteiger partial charge in [0.25, 0.3) is 0 Å². The van der Waals surface area contributed by atoms with Gasteiger partial charge in [0.05, 0.1) is 0 Å². The SMILES string of the molecule is CCCN1CCN(c2ccc(C)cc2CCN)CC1. The van der Waals surface area contributed by atoms with Crippen LogP contribution in [0.2, 0.25) is 0 Å². The van der Waals surface area contributed by atoms with E-state index in [9.17, 15) is 0 Å². The minimum atomic E-state index is 0.728. The number of benzene rings is 1. The van der Waals surface area contributed by atoms with Crippen LogP contribution < -0.4 is 10.6 Å². The normalized spacial score (nSPS) is 16.9. The lowest BCUT2D eigenvalue weighted by Crippen LogP contribution is -2.46. The van der Waals surface area contributed by atoms with Crippen molar-refractivity contribution in [3.05, 3.63) is 29.3 Å². The first-order valence-corrected chi connectivity index (χ1v) is 7.51. The van der Waals surface area contributed by atoms with Gasteiger partial charge >= 0.3 is 0 Å². The van der Waals surface area contributed by atoms with Crippen LogP contribution >= 0.6 is 0 Å². The fraction of sp³-hybridized carbons (Fsp3) is 0.625. The number of nitrogens with two attached hydrogens (primary N) is 1. The van der Waals surface area contributed by atoms with Gasteiger partial charge in [0.2, 0.25) is 0 Å². The Hall–Kier alpha value is -1.06. The number of aryl methyl sites for hydroxylation is 1. The third-order valence-electron chi connectivity index (χ3n) is 3.90. The molecule has 0 aliphatic carbocycles. The Morgan fingerprint density at radius 2 is 1.89 bits per heavy atom. The smallest absolute Gasteiger partial charge is 0.0400 e. The van der Waals surface area contributed by atoms with Crippen molar-refractivity contribution >= 4 is 5.69 Å². The van der Waals surface area contributed by atoms with Gasteiger partial charge in [-0.05, 0) is 44.5 Å². The van der Waals surface area contributed by atoms with E-state index >= 15 is 0 Å². The molecule has 0 saturated carbocycles. The summed E-state index contributed by atoms with van der Waals surface area (Å²) in [6.45, 7) is 11.0. The quantitative estimate of drug-likeness (QED) is 0.880. The monoisotopic (exact) mass is 261 g/mol. The number of anilines is 1. The van der Waals surface area contributed by atoms with Crippen LogP contribution in [0.15, 0.2) is 18.2 Å². The first-order valence-electron chi connectivity index (χ1n) is 7.51. The summed E-state index contributed by atoms with van der Waals surface area (Å²) >= 11 is 0. The fourth-order valence-electron chi connectivity index (χ4n) is 2.91. The van der Waals surface area contributed by atoms with Crippen LogP contribution in [0, 0.1) is 6.92 Å². The Balaban J connectivity index is 2.06. The molecule has 0 aromatic heterocycles. The molecule has 0 bridgehead atoms. The second-order valence-electron chi connectivity index (χ2n) is 5.50. The van der Waals surface area contributed by atoms with Crippen molar-refractivity contribution in [2.75, 3.05) is 44.2 Å². The van der Waals surface area contributed by atoms with Crippen LogP contribution in [-0.4, -0.2) is 44.2 Å². The van der Waals surface area contributed by atoms with E-state index in [4.69, 9.17) is 5.73 Å². The van der Waals surface area contributed by atoms with E-state index in [1.54, 1.807) is 0 Å². The van der Waals surface area contributed by atoms with Gasteiger partial charge in [-0.3, -0.25) is 4.90 Å². The molecular formula is C16H27N3. The minimum Gasteiger partial charge on any atom is -0.369 e. The van der Waals surface area contributed by atoms with Crippen LogP contribution in [0.3, 0.4) is 0 Å². The lowest BCUT2D eigenvalue weighted by molar-refractivity contribution is 0.258. The predicted octanol–water partition coefficient (Wildman–Crippen LogP) is 2.03. The average Bonchev–Trinajstić information content (AvgIpc) is 2.41. The summed E-state index contributed by atoms with van der Waals surface area (Å²) in [6.07, 6.45) is 2.23. The zero-order valence-corrected chi connectivity index (χ0v) is 12.4. The van der Waals surface area contributed by atoms with Crippen molar-refractivity contribution in [2.45, 2.75) is 26.7 Å². The van der Waals surface area contributed by atoms with Gasteiger partial charge in [-0.2, -0.15) is 0 Å². The van der Waals surface area contributed by atoms with E-state index < -0.39 is 0 Å². The maximum Gasteiger partial charge on any atom is 0.0400 e. The molecule has 2 rings (SSSR count). The average molecular weight is 261 g/mol.